The molecule has 1 aromatic carbocycles. The molecule has 0 radical (unpaired) electrons. The summed E-state index contributed by atoms with van der Waals surface area (Å²) in [5.41, 5.74) is 0. The van der Waals surface area contributed by atoms with Crippen molar-refractivity contribution in [2.45, 2.75) is 25.9 Å². The molecule has 0 amide bonds. The van der Waals surface area contributed by atoms with Crippen LogP contribution in [0, 0.1) is 0 Å². The van der Waals surface area contributed by atoms with Gasteiger partial charge in [-0.15, -0.1) is 0 Å². The van der Waals surface area contributed by atoms with E-state index >= 15 is 0 Å². The lowest BCUT2D eigenvalue weighted by atomic mass is 10.1. The minimum absolute atomic E-state index is 0.333. The molecule has 1 fully saturated rings. The number of benzene rings is 1. The largest absolute Gasteiger partial charge is 0.490 e. The van der Waals surface area contributed by atoms with Gasteiger partial charge in [-0.1, -0.05) is 12.1 Å². The standard InChI is InChI=1S/C15H23NO3/c1-2-17-14-7-3-4-8-15(14)19-11-10-18-13-6-5-9-16-12-13/h3-4,7-8,13,16H,2,5-6,9-12H2,1H3. The fraction of sp³-hybridized carbons (Fsp3) is 0.600. The molecule has 0 saturated carbocycles. The van der Waals surface area contributed by atoms with E-state index in [-0.39, 0.29) is 0 Å². The van der Waals surface area contributed by atoms with Gasteiger partial charge in [0.2, 0.25) is 0 Å². The van der Waals surface area contributed by atoms with Crippen molar-refractivity contribution < 1.29 is 14.2 Å². The smallest absolute Gasteiger partial charge is 0.161 e. The second-order valence-electron chi connectivity index (χ2n) is 4.57. The van der Waals surface area contributed by atoms with Crippen molar-refractivity contribution in [3.63, 3.8) is 0 Å². The van der Waals surface area contributed by atoms with Gasteiger partial charge in [-0.3, -0.25) is 0 Å². The first kappa shape index (κ1) is 14.2. The Labute approximate surface area is 115 Å². The summed E-state index contributed by atoms with van der Waals surface area (Å²) >= 11 is 0. The second kappa shape index (κ2) is 8.02. The van der Waals surface area contributed by atoms with E-state index in [4.69, 9.17) is 14.2 Å². The number of rotatable bonds is 7. The minimum atomic E-state index is 0.333. The molecule has 106 valence electrons. The summed E-state index contributed by atoms with van der Waals surface area (Å²) in [7, 11) is 0. The van der Waals surface area contributed by atoms with Crippen molar-refractivity contribution in [1.82, 2.24) is 5.32 Å². The molecule has 0 aliphatic carbocycles. The number of piperidine rings is 1. The van der Waals surface area contributed by atoms with E-state index < -0.39 is 0 Å². The summed E-state index contributed by atoms with van der Waals surface area (Å²) in [4.78, 5) is 0. The predicted octanol–water partition coefficient (Wildman–Crippen LogP) is 2.23. The van der Waals surface area contributed by atoms with Crippen LogP contribution in [0.15, 0.2) is 24.3 Å². The summed E-state index contributed by atoms with van der Waals surface area (Å²) < 4.78 is 17.0. The predicted molar refractivity (Wildman–Crippen MR) is 74.9 cm³/mol. The van der Waals surface area contributed by atoms with Crippen LogP contribution in [0.1, 0.15) is 19.8 Å². The quantitative estimate of drug-likeness (QED) is 0.767. The highest BCUT2D eigenvalue weighted by Gasteiger charge is 2.12. The number of ether oxygens (including phenoxy) is 3. The highest BCUT2D eigenvalue weighted by Crippen LogP contribution is 2.26. The molecule has 4 heteroatoms. The zero-order valence-corrected chi connectivity index (χ0v) is 11.6. The third-order valence-electron chi connectivity index (χ3n) is 3.10. The van der Waals surface area contributed by atoms with E-state index in [0.717, 1.165) is 31.0 Å². The first-order chi connectivity index (χ1) is 9.40. The maximum Gasteiger partial charge on any atom is 0.161 e. The molecule has 1 unspecified atom stereocenters. The van der Waals surface area contributed by atoms with Crippen molar-refractivity contribution in [2.75, 3.05) is 32.9 Å². The number of para-hydroxylation sites is 2. The molecule has 19 heavy (non-hydrogen) atoms. The Hall–Kier alpha value is -1.26. The topological polar surface area (TPSA) is 39.7 Å². The molecule has 1 atom stereocenters. The molecule has 1 aliphatic rings. The van der Waals surface area contributed by atoms with Gasteiger partial charge in [-0.2, -0.15) is 0 Å². The second-order valence-corrected chi connectivity index (χ2v) is 4.57. The van der Waals surface area contributed by atoms with Crippen LogP contribution in [0.5, 0.6) is 11.5 Å². The van der Waals surface area contributed by atoms with Gasteiger partial charge in [0, 0.05) is 6.54 Å². The fourth-order valence-electron chi connectivity index (χ4n) is 2.17. The number of hydrogen-bond donors (Lipinski definition) is 1. The van der Waals surface area contributed by atoms with Gasteiger partial charge in [-0.25, -0.2) is 0 Å². The molecular formula is C15H23NO3. The minimum Gasteiger partial charge on any atom is -0.490 e. The average Bonchev–Trinajstić information content (AvgIpc) is 2.47. The Balaban J connectivity index is 1.70. The highest BCUT2D eigenvalue weighted by atomic mass is 16.5. The Bertz CT molecular complexity index is 364. The first-order valence-electron chi connectivity index (χ1n) is 7.07. The third kappa shape index (κ3) is 4.73. The van der Waals surface area contributed by atoms with Crippen molar-refractivity contribution in [1.29, 1.82) is 0 Å². The Morgan fingerprint density at radius 1 is 1.16 bits per heavy atom. The van der Waals surface area contributed by atoms with E-state index in [9.17, 15) is 0 Å². The van der Waals surface area contributed by atoms with Crippen molar-refractivity contribution >= 4 is 0 Å². The van der Waals surface area contributed by atoms with E-state index in [2.05, 4.69) is 5.32 Å². The van der Waals surface area contributed by atoms with Crippen LogP contribution in [-0.2, 0) is 4.74 Å². The van der Waals surface area contributed by atoms with E-state index in [1.807, 2.05) is 31.2 Å². The summed E-state index contributed by atoms with van der Waals surface area (Å²) in [5, 5.41) is 3.33. The van der Waals surface area contributed by atoms with Crippen LogP contribution in [0.2, 0.25) is 0 Å². The average molecular weight is 265 g/mol. The van der Waals surface area contributed by atoms with E-state index in [0.29, 0.717) is 25.9 Å². The Morgan fingerprint density at radius 3 is 2.63 bits per heavy atom. The highest BCUT2D eigenvalue weighted by molar-refractivity contribution is 5.39. The molecule has 1 N–H and O–H groups in total. The molecule has 2 rings (SSSR count). The Kier molecular flexibility index (Phi) is 5.98. The third-order valence-corrected chi connectivity index (χ3v) is 3.10. The maximum atomic E-state index is 5.78. The summed E-state index contributed by atoms with van der Waals surface area (Å²) in [6, 6.07) is 7.74. The number of hydrogen-bond acceptors (Lipinski definition) is 4. The van der Waals surface area contributed by atoms with Crippen molar-refractivity contribution in [3.05, 3.63) is 24.3 Å². The first-order valence-corrected chi connectivity index (χ1v) is 7.07. The van der Waals surface area contributed by atoms with Crippen molar-refractivity contribution in [2.24, 2.45) is 0 Å². The lowest BCUT2D eigenvalue weighted by molar-refractivity contribution is 0.0201. The van der Waals surface area contributed by atoms with E-state index in [1.165, 1.54) is 6.42 Å². The maximum absolute atomic E-state index is 5.78. The van der Waals surface area contributed by atoms with Gasteiger partial charge < -0.3 is 19.5 Å². The molecule has 1 aromatic rings. The lowest BCUT2D eigenvalue weighted by Gasteiger charge is -2.23. The molecule has 4 nitrogen and oxygen atoms in total. The van der Waals surface area contributed by atoms with Gasteiger partial charge in [-0.05, 0) is 38.4 Å². The van der Waals surface area contributed by atoms with Gasteiger partial charge in [0.1, 0.15) is 6.61 Å². The summed E-state index contributed by atoms with van der Waals surface area (Å²) in [6.45, 7) is 5.85. The van der Waals surface area contributed by atoms with Gasteiger partial charge in [0.25, 0.3) is 0 Å². The van der Waals surface area contributed by atoms with Crippen LogP contribution in [0.4, 0.5) is 0 Å². The van der Waals surface area contributed by atoms with Crippen LogP contribution >= 0.6 is 0 Å². The van der Waals surface area contributed by atoms with Crippen LogP contribution in [0.25, 0.3) is 0 Å². The zero-order valence-electron chi connectivity index (χ0n) is 11.6. The van der Waals surface area contributed by atoms with Crippen LogP contribution < -0.4 is 14.8 Å². The molecule has 0 aromatic heterocycles. The Morgan fingerprint density at radius 2 is 1.95 bits per heavy atom. The zero-order chi connectivity index (χ0) is 13.3. The normalized spacial score (nSPS) is 19.1. The molecule has 1 heterocycles. The van der Waals surface area contributed by atoms with Crippen LogP contribution in [-0.4, -0.2) is 39.0 Å². The SMILES string of the molecule is CCOc1ccccc1OCCOC1CCCNC1. The summed E-state index contributed by atoms with van der Waals surface area (Å²) in [6.07, 6.45) is 2.67. The molecule has 0 spiro atoms. The summed E-state index contributed by atoms with van der Waals surface area (Å²) in [5.74, 6) is 1.58. The molecule has 0 bridgehead atoms. The van der Waals surface area contributed by atoms with E-state index in [1.54, 1.807) is 0 Å². The number of nitrogens with one attached hydrogen (secondary N) is 1. The fourth-order valence-corrected chi connectivity index (χ4v) is 2.17. The molecule has 1 saturated heterocycles. The van der Waals surface area contributed by atoms with Crippen LogP contribution in [0.3, 0.4) is 0 Å². The lowest BCUT2D eigenvalue weighted by Crippen LogP contribution is -2.36. The van der Waals surface area contributed by atoms with Gasteiger partial charge >= 0.3 is 0 Å². The van der Waals surface area contributed by atoms with Crippen molar-refractivity contribution in [3.8, 4) is 11.5 Å². The monoisotopic (exact) mass is 265 g/mol. The molecular weight excluding hydrogens is 242 g/mol. The van der Waals surface area contributed by atoms with Gasteiger partial charge in [0.05, 0.1) is 19.3 Å². The van der Waals surface area contributed by atoms with Gasteiger partial charge in [0.15, 0.2) is 11.5 Å². The molecule has 1 aliphatic heterocycles.